The molecule has 0 heterocycles. The monoisotopic (exact) mass is 266 g/mol. The maximum atomic E-state index is 13.2. The quantitative estimate of drug-likeness (QED) is 0.741. The molecule has 0 fully saturated rings. The molecule has 0 aliphatic carbocycles. The second-order valence-electron chi connectivity index (χ2n) is 3.92. The molecule has 6 heteroatoms. The van der Waals surface area contributed by atoms with Crippen molar-refractivity contribution in [1.82, 2.24) is 0 Å². The van der Waals surface area contributed by atoms with Gasteiger partial charge in [0.05, 0.1) is 0 Å². The summed E-state index contributed by atoms with van der Waals surface area (Å²) in [6, 6.07) is 2.76. The van der Waals surface area contributed by atoms with Crippen LogP contribution >= 0.6 is 0 Å². The van der Waals surface area contributed by atoms with Crippen LogP contribution in [0.5, 0.6) is 0 Å². The summed E-state index contributed by atoms with van der Waals surface area (Å²) >= 11 is 0. The topological polar surface area (TPSA) is 17.1 Å². The highest BCUT2D eigenvalue weighted by Gasteiger charge is 2.26. The molecule has 0 spiro atoms. The van der Waals surface area contributed by atoms with E-state index in [1.54, 1.807) is 0 Å². The molecule has 0 saturated heterocycles. The molecule has 0 N–H and O–H groups in total. The van der Waals surface area contributed by atoms with Crippen LogP contribution in [-0.4, -0.2) is 12.0 Å². The summed E-state index contributed by atoms with van der Waals surface area (Å²) in [6.45, 7) is 0. The van der Waals surface area contributed by atoms with Crippen molar-refractivity contribution in [3.05, 3.63) is 35.4 Å². The normalized spacial score (nSPS) is 11.6. The molecule has 0 saturated carbocycles. The van der Waals surface area contributed by atoms with Gasteiger partial charge in [0, 0.05) is 25.3 Å². The van der Waals surface area contributed by atoms with E-state index in [4.69, 9.17) is 0 Å². The van der Waals surface area contributed by atoms with Gasteiger partial charge >= 0.3 is 6.18 Å². The van der Waals surface area contributed by atoms with E-state index < -0.39 is 30.0 Å². The molecule has 1 rings (SSSR count). The van der Waals surface area contributed by atoms with Crippen LogP contribution in [0.15, 0.2) is 18.2 Å². The fraction of sp³-hybridized carbons (Fsp3) is 0.417. The minimum absolute atomic E-state index is 0.00610. The second kappa shape index (κ2) is 5.93. The average molecular weight is 266 g/mol. The van der Waals surface area contributed by atoms with Crippen LogP contribution in [0.1, 0.15) is 24.8 Å². The van der Waals surface area contributed by atoms with Crippen LogP contribution in [0.3, 0.4) is 0 Å². The molecule has 0 aliphatic rings. The molecule has 18 heavy (non-hydrogen) atoms. The molecule has 0 radical (unpaired) electrons. The van der Waals surface area contributed by atoms with Gasteiger partial charge in [-0.05, 0) is 18.1 Å². The number of carbonyl (C=O) groups excluding carboxylic acids is 1. The first-order valence-corrected chi connectivity index (χ1v) is 5.30. The highest BCUT2D eigenvalue weighted by atomic mass is 19.4. The first kappa shape index (κ1) is 14.6. The Hall–Kier alpha value is -1.46. The molecular formula is C12H11F5O. The van der Waals surface area contributed by atoms with Crippen LogP contribution in [0.25, 0.3) is 0 Å². The number of ketones is 1. The van der Waals surface area contributed by atoms with Gasteiger partial charge in [-0.25, -0.2) is 8.78 Å². The van der Waals surface area contributed by atoms with Crippen molar-refractivity contribution >= 4 is 5.78 Å². The summed E-state index contributed by atoms with van der Waals surface area (Å²) in [6.07, 6.45) is -6.22. The Labute approximate surface area is 101 Å². The zero-order valence-corrected chi connectivity index (χ0v) is 9.36. The maximum absolute atomic E-state index is 13.2. The lowest BCUT2D eigenvalue weighted by Gasteiger charge is -2.06. The Morgan fingerprint density at radius 1 is 1.17 bits per heavy atom. The van der Waals surface area contributed by atoms with E-state index in [9.17, 15) is 26.7 Å². The zero-order chi connectivity index (χ0) is 13.8. The zero-order valence-electron chi connectivity index (χ0n) is 9.36. The third-order valence-electron chi connectivity index (χ3n) is 2.32. The number of alkyl halides is 3. The van der Waals surface area contributed by atoms with Gasteiger partial charge in [0.15, 0.2) is 0 Å². The molecule has 0 amide bonds. The van der Waals surface area contributed by atoms with E-state index >= 15 is 0 Å². The molecule has 0 bridgehead atoms. The molecule has 1 aromatic carbocycles. The molecular weight excluding hydrogens is 255 g/mol. The highest BCUT2D eigenvalue weighted by Crippen LogP contribution is 2.22. The lowest BCUT2D eigenvalue weighted by atomic mass is 10.0. The number of hydrogen-bond donors (Lipinski definition) is 0. The van der Waals surface area contributed by atoms with Crippen molar-refractivity contribution in [3.63, 3.8) is 0 Å². The van der Waals surface area contributed by atoms with Gasteiger partial charge in [0.1, 0.15) is 17.4 Å². The second-order valence-corrected chi connectivity index (χ2v) is 3.92. The summed E-state index contributed by atoms with van der Waals surface area (Å²) < 4.78 is 61.2. The Morgan fingerprint density at radius 3 is 2.39 bits per heavy atom. The smallest absolute Gasteiger partial charge is 0.299 e. The predicted octanol–water partition coefficient (Wildman–Crippen LogP) is 3.81. The summed E-state index contributed by atoms with van der Waals surface area (Å²) in [5, 5.41) is 0. The molecule has 0 aliphatic heterocycles. The largest absolute Gasteiger partial charge is 0.389 e. The molecule has 1 nitrogen and oxygen atoms in total. The first-order valence-electron chi connectivity index (χ1n) is 5.30. The lowest BCUT2D eigenvalue weighted by Crippen LogP contribution is -2.10. The fourth-order valence-electron chi connectivity index (χ4n) is 1.45. The summed E-state index contributed by atoms with van der Waals surface area (Å²) in [7, 11) is 0. The van der Waals surface area contributed by atoms with E-state index in [1.807, 2.05) is 0 Å². The summed E-state index contributed by atoms with van der Waals surface area (Å²) in [5.41, 5.74) is -0.00610. The van der Waals surface area contributed by atoms with E-state index in [1.165, 1.54) is 0 Å². The van der Waals surface area contributed by atoms with Gasteiger partial charge in [0.2, 0.25) is 0 Å². The van der Waals surface area contributed by atoms with Crippen molar-refractivity contribution in [2.24, 2.45) is 0 Å². The molecule has 100 valence electrons. The Kier molecular flexibility index (Phi) is 4.81. The van der Waals surface area contributed by atoms with Crippen LogP contribution in [0.4, 0.5) is 22.0 Å². The molecule has 0 aromatic heterocycles. The first-order chi connectivity index (χ1) is 8.28. The number of Topliss-reactive ketones (excluding diaryl/α,β-unsaturated/α-hetero) is 1. The predicted molar refractivity (Wildman–Crippen MR) is 55.0 cm³/mol. The Balaban J connectivity index is 2.45. The van der Waals surface area contributed by atoms with Crippen molar-refractivity contribution in [2.45, 2.75) is 31.9 Å². The number of halogens is 5. The van der Waals surface area contributed by atoms with Gasteiger partial charge in [-0.3, -0.25) is 4.79 Å². The number of carbonyl (C=O) groups is 1. The third-order valence-corrected chi connectivity index (χ3v) is 2.32. The molecule has 0 unspecified atom stereocenters. The minimum atomic E-state index is -4.29. The number of hydrogen-bond acceptors (Lipinski definition) is 1. The molecule has 0 atom stereocenters. The third kappa shape index (κ3) is 5.25. The van der Waals surface area contributed by atoms with Crippen molar-refractivity contribution in [2.75, 3.05) is 0 Å². The van der Waals surface area contributed by atoms with E-state index in [0.29, 0.717) is 6.07 Å². The molecule has 1 aromatic rings. The Morgan fingerprint density at radius 2 is 1.83 bits per heavy atom. The number of benzene rings is 1. The Bertz CT molecular complexity index is 425. The minimum Gasteiger partial charge on any atom is -0.299 e. The van der Waals surface area contributed by atoms with Gasteiger partial charge in [-0.1, -0.05) is 6.07 Å². The van der Waals surface area contributed by atoms with E-state index in [0.717, 1.165) is 12.1 Å². The highest BCUT2D eigenvalue weighted by molar-refractivity contribution is 5.80. The van der Waals surface area contributed by atoms with Crippen molar-refractivity contribution in [3.8, 4) is 0 Å². The summed E-state index contributed by atoms with van der Waals surface area (Å²) in [4.78, 5) is 11.3. The van der Waals surface area contributed by atoms with Crippen LogP contribution in [-0.2, 0) is 11.2 Å². The maximum Gasteiger partial charge on any atom is 0.389 e. The van der Waals surface area contributed by atoms with Crippen LogP contribution in [0, 0.1) is 11.6 Å². The SMILES string of the molecule is O=C(CCCC(F)(F)F)Cc1ccc(F)cc1F. The lowest BCUT2D eigenvalue weighted by molar-refractivity contribution is -0.137. The number of rotatable bonds is 5. The van der Waals surface area contributed by atoms with Crippen LogP contribution in [0.2, 0.25) is 0 Å². The van der Waals surface area contributed by atoms with Gasteiger partial charge in [0.25, 0.3) is 0 Å². The van der Waals surface area contributed by atoms with Gasteiger partial charge < -0.3 is 0 Å². The standard InChI is InChI=1S/C12H11F5O/c13-9-4-3-8(11(14)7-9)6-10(18)2-1-5-12(15,16)17/h3-4,7H,1-2,5-6H2. The van der Waals surface area contributed by atoms with E-state index in [-0.39, 0.29) is 24.8 Å². The average Bonchev–Trinajstić information content (AvgIpc) is 2.20. The van der Waals surface area contributed by atoms with E-state index in [2.05, 4.69) is 0 Å². The summed E-state index contributed by atoms with van der Waals surface area (Å²) in [5.74, 6) is -2.12. The fourth-order valence-corrected chi connectivity index (χ4v) is 1.45. The van der Waals surface area contributed by atoms with Crippen molar-refractivity contribution < 1.29 is 26.7 Å². The van der Waals surface area contributed by atoms with Gasteiger partial charge in [-0.15, -0.1) is 0 Å². The van der Waals surface area contributed by atoms with Crippen LogP contribution < -0.4 is 0 Å². The van der Waals surface area contributed by atoms with Crippen molar-refractivity contribution in [1.29, 1.82) is 0 Å². The van der Waals surface area contributed by atoms with Gasteiger partial charge in [-0.2, -0.15) is 13.2 Å².